The van der Waals surface area contributed by atoms with Crippen molar-refractivity contribution >= 4 is 11.9 Å². The normalized spacial score (nSPS) is 21.8. The molecule has 0 aromatic rings. The molecule has 0 unspecified atom stereocenters. The van der Waals surface area contributed by atoms with E-state index in [0.29, 0.717) is 6.42 Å². The van der Waals surface area contributed by atoms with Crippen molar-refractivity contribution in [3.63, 3.8) is 0 Å². The van der Waals surface area contributed by atoms with Crippen LogP contribution in [0.25, 0.3) is 0 Å². The predicted molar refractivity (Wildman–Crippen MR) is 64.7 cm³/mol. The van der Waals surface area contributed by atoms with E-state index in [4.69, 9.17) is 5.11 Å². The highest BCUT2D eigenvalue weighted by Crippen LogP contribution is 2.08. The first-order chi connectivity index (χ1) is 8.15. The van der Waals surface area contributed by atoms with Crippen LogP contribution in [-0.2, 0) is 9.59 Å². The number of carbonyl (C=O) groups excluding carboxylic acids is 1. The highest BCUT2D eigenvalue weighted by atomic mass is 16.4. The SMILES string of the molecule is CCCC[C@H](NC(=O)[C@@H]1CCCCN1)C(=O)O. The maximum absolute atomic E-state index is 11.8. The van der Waals surface area contributed by atoms with Crippen molar-refractivity contribution in [3.05, 3.63) is 0 Å². The van der Waals surface area contributed by atoms with Gasteiger partial charge in [-0.1, -0.05) is 26.2 Å². The van der Waals surface area contributed by atoms with Gasteiger partial charge in [0.15, 0.2) is 0 Å². The zero-order chi connectivity index (χ0) is 12.7. The van der Waals surface area contributed by atoms with Crippen LogP contribution in [0.2, 0.25) is 0 Å². The minimum absolute atomic E-state index is 0.173. The van der Waals surface area contributed by atoms with Crippen LogP contribution in [-0.4, -0.2) is 35.6 Å². The highest BCUT2D eigenvalue weighted by Gasteiger charge is 2.25. The molecule has 0 aromatic heterocycles. The van der Waals surface area contributed by atoms with Crippen LogP contribution in [0.1, 0.15) is 45.4 Å². The summed E-state index contributed by atoms with van der Waals surface area (Å²) in [6.07, 6.45) is 5.16. The lowest BCUT2D eigenvalue weighted by Gasteiger charge is -2.24. The molecule has 1 saturated heterocycles. The molecule has 17 heavy (non-hydrogen) atoms. The molecule has 0 bridgehead atoms. The van der Waals surface area contributed by atoms with Gasteiger partial charge in [-0.25, -0.2) is 4.79 Å². The van der Waals surface area contributed by atoms with E-state index in [-0.39, 0.29) is 11.9 Å². The Kier molecular flexibility index (Phi) is 5.97. The van der Waals surface area contributed by atoms with E-state index in [1.807, 2.05) is 6.92 Å². The molecular formula is C12H22N2O3. The fourth-order valence-electron chi connectivity index (χ4n) is 2.01. The summed E-state index contributed by atoms with van der Waals surface area (Å²) in [5, 5.41) is 14.7. The Morgan fingerprint density at radius 1 is 1.47 bits per heavy atom. The van der Waals surface area contributed by atoms with Crippen molar-refractivity contribution in [2.24, 2.45) is 0 Å². The van der Waals surface area contributed by atoms with Gasteiger partial charge in [0.1, 0.15) is 6.04 Å². The fraction of sp³-hybridized carbons (Fsp3) is 0.833. The maximum atomic E-state index is 11.8. The molecule has 5 heteroatoms. The van der Waals surface area contributed by atoms with Gasteiger partial charge in [0.05, 0.1) is 6.04 Å². The third kappa shape index (κ3) is 4.73. The summed E-state index contributed by atoms with van der Waals surface area (Å²) >= 11 is 0. The molecule has 0 aliphatic carbocycles. The number of carboxylic acid groups (broad SMARTS) is 1. The Morgan fingerprint density at radius 3 is 2.76 bits per heavy atom. The molecule has 0 saturated carbocycles. The molecule has 98 valence electrons. The second kappa shape index (κ2) is 7.27. The first-order valence-electron chi connectivity index (χ1n) is 6.41. The topological polar surface area (TPSA) is 78.4 Å². The molecule has 0 spiro atoms. The molecule has 1 aliphatic heterocycles. The molecule has 1 amide bonds. The number of carbonyl (C=O) groups is 2. The van der Waals surface area contributed by atoms with Gasteiger partial charge >= 0.3 is 5.97 Å². The summed E-state index contributed by atoms with van der Waals surface area (Å²) < 4.78 is 0. The maximum Gasteiger partial charge on any atom is 0.326 e. The molecule has 5 nitrogen and oxygen atoms in total. The average Bonchev–Trinajstić information content (AvgIpc) is 2.35. The monoisotopic (exact) mass is 242 g/mol. The van der Waals surface area contributed by atoms with Gasteiger partial charge in [0.25, 0.3) is 0 Å². The smallest absolute Gasteiger partial charge is 0.326 e. The second-order valence-electron chi connectivity index (χ2n) is 4.54. The van der Waals surface area contributed by atoms with Crippen LogP contribution < -0.4 is 10.6 Å². The van der Waals surface area contributed by atoms with E-state index in [0.717, 1.165) is 38.6 Å². The van der Waals surface area contributed by atoms with Gasteiger partial charge in [-0.15, -0.1) is 0 Å². The Morgan fingerprint density at radius 2 is 2.24 bits per heavy atom. The third-order valence-corrected chi connectivity index (χ3v) is 3.09. The van der Waals surface area contributed by atoms with E-state index in [1.54, 1.807) is 0 Å². The lowest BCUT2D eigenvalue weighted by atomic mass is 10.0. The number of carboxylic acids is 1. The van der Waals surface area contributed by atoms with Gasteiger partial charge in [0, 0.05) is 0 Å². The summed E-state index contributed by atoms with van der Waals surface area (Å²) in [5.41, 5.74) is 0. The van der Waals surface area contributed by atoms with Crippen LogP contribution in [0.5, 0.6) is 0 Å². The number of hydrogen-bond acceptors (Lipinski definition) is 3. The number of hydrogen-bond donors (Lipinski definition) is 3. The van der Waals surface area contributed by atoms with Gasteiger partial charge in [0.2, 0.25) is 5.91 Å². The standard InChI is InChI=1S/C12H22N2O3/c1-2-3-6-10(12(16)17)14-11(15)9-7-4-5-8-13-9/h9-10,13H,2-8H2,1H3,(H,14,15)(H,16,17)/t9-,10-/m0/s1. The number of piperidine rings is 1. The Bertz CT molecular complexity index is 262. The van der Waals surface area contributed by atoms with Crippen LogP contribution >= 0.6 is 0 Å². The highest BCUT2D eigenvalue weighted by molar-refractivity contribution is 5.86. The number of unbranched alkanes of at least 4 members (excludes halogenated alkanes) is 1. The Balaban J connectivity index is 2.42. The zero-order valence-corrected chi connectivity index (χ0v) is 10.4. The summed E-state index contributed by atoms with van der Waals surface area (Å²) in [7, 11) is 0. The predicted octanol–water partition coefficient (Wildman–Crippen LogP) is 0.888. The quantitative estimate of drug-likeness (QED) is 0.646. The minimum atomic E-state index is -0.942. The summed E-state index contributed by atoms with van der Waals surface area (Å²) in [4.78, 5) is 22.8. The van der Waals surface area contributed by atoms with Gasteiger partial charge < -0.3 is 15.7 Å². The largest absolute Gasteiger partial charge is 0.480 e. The molecule has 1 aliphatic rings. The molecule has 1 heterocycles. The summed E-state index contributed by atoms with van der Waals surface area (Å²) in [5.74, 6) is -1.11. The van der Waals surface area contributed by atoms with Crippen molar-refractivity contribution < 1.29 is 14.7 Å². The Hall–Kier alpha value is -1.10. The van der Waals surface area contributed by atoms with Crippen LogP contribution in [0.4, 0.5) is 0 Å². The van der Waals surface area contributed by atoms with Gasteiger partial charge in [-0.3, -0.25) is 4.79 Å². The van der Waals surface area contributed by atoms with Gasteiger partial charge in [-0.05, 0) is 25.8 Å². The van der Waals surface area contributed by atoms with Crippen LogP contribution in [0.3, 0.4) is 0 Å². The number of aliphatic carboxylic acids is 1. The van der Waals surface area contributed by atoms with E-state index >= 15 is 0 Å². The second-order valence-corrected chi connectivity index (χ2v) is 4.54. The van der Waals surface area contributed by atoms with Crippen molar-refractivity contribution in [2.45, 2.75) is 57.5 Å². The molecule has 2 atom stereocenters. The van der Waals surface area contributed by atoms with Crippen molar-refractivity contribution in [3.8, 4) is 0 Å². The zero-order valence-electron chi connectivity index (χ0n) is 10.4. The minimum Gasteiger partial charge on any atom is -0.480 e. The molecular weight excluding hydrogens is 220 g/mol. The Labute approximate surface area is 102 Å². The van der Waals surface area contributed by atoms with Crippen LogP contribution in [0.15, 0.2) is 0 Å². The van der Waals surface area contributed by atoms with Crippen molar-refractivity contribution in [1.82, 2.24) is 10.6 Å². The van der Waals surface area contributed by atoms with Crippen molar-refractivity contribution in [1.29, 1.82) is 0 Å². The average molecular weight is 242 g/mol. The van der Waals surface area contributed by atoms with Crippen LogP contribution in [0, 0.1) is 0 Å². The van der Waals surface area contributed by atoms with Crippen molar-refractivity contribution in [2.75, 3.05) is 6.54 Å². The van der Waals surface area contributed by atoms with E-state index in [2.05, 4.69) is 10.6 Å². The fourth-order valence-corrected chi connectivity index (χ4v) is 2.01. The number of nitrogens with one attached hydrogen (secondary N) is 2. The van der Waals surface area contributed by atoms with Gasteiger partial charge in [-0.2, -0.15) is 0 Å². The third-order valence-electron chi connectivity index (χ3n) is 3.09. The summed E-state index contributed by atoms with van der Waals surface area (Å²) in [6, 6.07) is -0.960. The molecule has 1 fully saturated rings. The first kappa shape index (κ1) is 14.0. The molecule has 0 radical (unpaired) electrons. The number of rotatable bonds is 6. The van der Waals surface area contributed by atoms with E-state index < -0.39 is 12.0 Å². The lowest BCUT2D eigenvalue weighted by Crippen LogP contribution is -2.51. The molecule has 1 rings (SSSR count). The molecule has 3 N–H and O–H groups in total. The lowest BCUT2D eigenvalue weighted by molar-refractivity contribution is -0.142. The van der Waals surface area contributed by atoms with E-state index in [1.165, 1.54) is 0 Å². The number of amides is 1. The summed E-state index contributed by atoms with van der Waals surface area (Å²) in [6.45, 7) is 2.84. The molecule has 0 aromatic carbocycles. The van der Waals surface area contributed by atoms with E-state index in [9.17, 15) is 9.59 Å². The first-order valence-corrected chi connectivity index (χ1v) is 6.41.